The fraction of sp³-hybridized carbons (Fsp3) is 0.250. The topological polar surface area (TPSA) is 0 Å². The van der Waals surface area contributed by atoms with Gasteiger partial charge in [-0.3, -0.25) is 0 Å². The van der Waals surface area contributed by atoms with Gasteiger partial charge in [0.25, 0.3) is 0 Å². The van der Waals surface area contributed by atoms with Gasteiger partial charge >= 0.3 is 0 Å². The average Bonchev–Trinajstić information content (AvgIpc) is 2.65. The van der Waals surface area contributed by atoms with Gasteiger partial charge in [0.1, 0.15) is 0 Å². The molecule has 0 bridgehead atoms. The standard InChI is InChI=1S/C16H16/c1-3-12-5-6-13-10-14-8-11(2)4-7-15(14)16(13)9-12/h4-9H,3,10H2,1-2H3. The Balaban J connectivity index is 2.19. The van der Waals surface area contributed by atoms with Crippen LogP contribution in [0.3, 0.4) is 0 Å². The van der Waals surface area contributed by atoms with Crippen LogP contribution in [0, 0.1) is 6.92 Å². The summed E-state index contributed by atoms with van der Waals surface area (Å²) in [5.41, 5.74) is 8.67. The molecule has 0 N–H and O–H groups in total. The van der Waals surface area contributed by atoms with Crippen molar-refractivity contribution in [2.75, 3.05) is 0 Å². The molecule has 0 nitrogen and oxygen atoms in total. The molecule has 2 aromatic rings. The number of hydrogen-bond acceptors (Lipinski definition) is 0. The van der Waals surface area contributed by atoms with E-state index < -0.39 is 0 Å². The molecular formula is C16H16. The van der Waals surface area contributed by atoms with Crippen molar-refractivity contribution in [1.29, 1.82) is 0 Å². The Hall–Kier alpha value is -1.56. The highest BCUT2D eigenvalue weighted by Gasteiger charge is 2.17. The molecule has 0 unspecified atom stereocenters. The van der Waals surface area contributed by atoms with Crippen LogP contribution in [0.15, 0.2) is 36.4 Å². The minimum atomic E-state index is 1.11. The first-order valence-electron chi connectivity index (χ1n) is 5.99. The largest absolute Gasteiger partial charge is 0.0613 e. The fourth-order valence-corrected chi connectivity index (χ4v) is 2.59. The third-order valence-corrected chi connectivity index (χ3v) is 3.51. The minimum Gasteiger partial charge on any atom is -0.0613 e. The summed E-state index contributed by atoms with van der Waals surface area (Å²) in [5.74, 6) is 0. The van der Waals surface area contributed by atoms with E-state index in [9.17, 15) is 0 Å². The molecule has 3 rings (SSSR count). The number of rotatable bonds is 1. The highest BCUT2D eigenvalue weighted by molar-refractivity contribution is 5.77. The molecule has 0 saturated carbocycles. The van der Waals surface area contributed by atoms with Crippen molar-refractivity contribution in [3.05, 3.63) is 58.7 Å². The van der Waals surface area contributed by atoms with Gasteiger partial charge in [0.15, 0.2) is 0 Å². The van der Waals surface area contributed by atoms with E-state index in [1.54, 1.807) is 0 Å². The van der Waals surface area contributed by atoms with Crippen LogP contribution in [-0.2, 0) is 12.8 Å². The molecule has 80 valence electrons. The predicted molar refractivity (Wildman–Crippen MR) is 68.8 cm³/mol. The Morgan fingerprint density at radius 3 is 2.62 bits per heavy atom. The number of benzene rings is 2. The second kappa shape index (κ2) is 3.48. The first kappa shape index (κ1) is 9.65. The van der Waals surface area contributed by atoms with Gasteiger partial charge in [-0.2, -0.15) is 0 Å². The van der Waals surface area contributed by atoms with Crippen LogP contribution in [0.2, 0.25) is 0 Å². The highest BCUT2D eigenvalue weighted by Crippen LogP contribution is 2.37. The molecule has 2 aromatic carbocycles. The minimum absolute atomic E-state index is 1.11. The Morgan fingerprint density at radius 1 is 0.938 bits per heavy atom. The van der Waals surface area contributed by atoms with E-state index >= 15 is 0 Å². The van der Waals surface area contributed by atoms with E-state index in [0.717, 1.165) is 12.8 Å². The molecule has 0 aliphatic heterocycles. The summed E-state index contributed by atoms with van der Waals surface area (Å²) in [4.78, 5) is 0. The lowest BCUT2D eigenvalue weighted by Gasteiger charge is -2.04. The van der Waals surface area contributed by atoms with E-state index in [4.69, 9.17) is 0 Å². The molecular weight excluding hydrogens is 192 g/mol. The Morgan fingerprint density at radius 2 is 1.81 bits per heavy atom. The second-order valence-electron chi connectivity index (χ2n) is 4.68. The smallest absolute Gasteiger partial charge is 0.00134 e. The molecule has 0 fully saturated rings. The first-order valence-corrected chi connectivity index (χ1v) is 5.99. The lowest BCUT2D eigenvalue weighted by molar-refractivity contribution is 1.13. The highest BCUT2D eigenvalue weighted by atomic mass is 14.2. The molecule has 1 aliphatic carbocycles. The van der Waals surface area contributed by atoms with Crippen molar-refractivity contribution < 1.29 is 0 Å². The Bertz CT molecular complexity index is 550. The summed E-state index contributed by atoms with van der Waals surface area (Å²) < 4.78 is 0. The Labute approximate surface area is 96.9 Å². The van der Waals surface area contributed by atoms with Crippen LogP contribution in [0.5, 0.6) is 0 Å². The molecule has 0 aromatic heterocycles. The van der Waals surface area contributed by atoms with Gasteiger partial charge in [-0.05, 0) is 47.6 Å². The van der Waals surface area contributed by atoms with Gasteiger partial charge in [0, 0.05) is 0 Å². The summed E-state index contributed by atoms with van der Waals surface area (Å²) in [6.07, 6.45) is 2.23. The Kier molecular flexibility index (Phi) is 2.10. The molecule has 0 saturated heterocycles. The zero-order chi connectivity index (χ0) is 11.1. The molecule has 1 aliphatic rings. The summed E-state index contributed by atoms with van der Waals surface area (Å²) in [5, 5.41) is 0. The lowest BCUT2D eigenvalue weighted by Crippen LogP contribution is -1.83. The van der Waals surface area contributed by atoms with Crippen molar-refractivity contribution in [1.82, 2.24) is 0 Å². The molecule has 0 heteroatoms. The van der Waals surface area contributed by atoms with Crippen LogP contribution < -0.4 is 0 Å². The zero-order valence-electron chi connectivity index (χ0n) is 9.88. The molecule has 0 amide bonds. The van der Waals surface area contributed by atoms with Crippen LogP contribution in [-0.4, -0.2) is 0 Å². The van der Waals surface area contributed by atoms with Crippen molar-refractivity contribution >= 4 is 0 Å². The number of hydrogen-bond donors (Lipinski definition) is 0. The maximum atomic E-state index is 2.36. The number of fused-ring (bicyclic) bond motifs is 3. The van der Waals surface area contributed by atoms with Crippen molar-refractivity contribution in [2.24, 2.45) is 0 Å². The third kappa shape index (κ3) is 1.37. The quantitative estimate of drug-likeness (QED) is 0.564. The van der Waals surface area contributed by atoms with E-state index in [1.165, 1.54) is 33.4 Å². The van der Waals surface area contributed by atoms with Gasteiger partial charge in [0.05, 0.1) is 0 Å². The summed E-state index contributed by atoms with van der Waals surface area (Å²) >= 11 is 0. The molecule has 16 heavy (non-hydrogen) atoms. The lowest BCUT2D eigenvalue weighted by atomic mass is 10.0. The predicted octanol–water partition coefficient (Wildman–Crippen LogP) is 4.13. The van der Waals surface area contributed by atoms with Crippen molar-refractivity contribution in [2.45, 2.75) is 26.7 Å². The van der Waals surface area contributed by atoms with Crippen LogP contribution in [0.4, 0.5) is 0 Å². The van der Waals surface area contributed by atoms with Crippen LogP contribution in [0.25, 0.3) is 11.1 Å². The third-order valence-electron chi connectivity index (χ3n) is 3.51. The molecule has 0 radical (unpaired) electrons. The van der Waals surface area contributed by atoms with Gasteiger partial charge < -0.3 is 0 Å². The summed E-state index contributed by atoms with van der Waals surface area (Å²) in [6.45, 7) is 4.38. The van der Waals surface area contributed by atoms with Crippen molar-refractivity contribution in [3.63, 3.8) is 0 Å². The summed E-state index contributed by atoms with van der Waals surface area (Å²) in [7, 11) is 0. The molecule has 0 spiro atoms. The fourth-order valence-electron chi connectivity index (χ4n) is 2.59. The average molecular weight is 208 g/mol. The maximum Gasteiger partial charge on any atom is -0.00134 e. The van der Waals surface area contributed by atoms with E-state index in [0.29, 0.717) is 0 Å². The number of aryl methyl sites for hydroxylation is 2. The van der Waals surface area contributed by atoms with E-state index in [1.807, 2.05) is 0 Å². The first-order chi connectivity index (χ1) is 7.78. The van der Waals surface area contributed by atoms with Gasteiger partial charge in [-0.15, -0.1) is 0 Å². The van der Waals surface area contributed by atoms with E-state index in [-0.39, 0.29) is 0 Å². The normalized spacial score (nSPS) is 12.4. The molecule has 0 heterocycles. The maximum absolute atomic E-state index is 2.36. The SMILES string of the molecule is CCc1ccc2c(c1)-c1ccc(C)cc1C2. The van der Waals surface area contributed by atoms with Gasteiger partial charge in [-0.1, -0.05) is 48.9 Å². The van der Waals surface area contributed by atoms with E-state index in [2.05, 4.69) is 50.2 Å². The van der Waals surface area contributed by atoms with Crippen LogP contribution in [0.1, 0.15) is 29.2 Å². The molecule has 0 atom stereocenters. The monoisotopic (exact) mass is 208 g/mol. The van der Waals surface area contributed by atoms with Crippen molar-refractivity contribution in [3.8, 4) is 11.1 Å². The van der Waals surface area contributed by atoms with Gasteiger partial charge in [0.2, 0.25) is 0 Å². The second-order valence-corrected chi connectivity index (χ2v) is 4.68. The zero-order valence-corrected chi connectivity index (χ0v) is 9.88. The van der Waals surface area contributed by atoms with Gasteiger partial charge in [-0.25, -0.2) is 0 Å². The van der Waals surface area contributed by atoms with Crippen LogP contribution >= 0.6 is 0 Å². The summed E-state index contributed by atoms with van der Waals surface area (Å²) in [6, 6.07) is 13.7.